The highest BCUT2D eigenvalue weighted by atomic mass is 32.2. The number of carbonyl (C=O) groups is 1. The predicted octanol–water partition coefficient (Wildman–Crippen LogP) is 3.16. The third-order valence-corrected chi connectivity index (χ3v) is 4.32. The summed E-state index contributed by atoms with van der Waals surface area (Å²) in [6, 6.07) is 0. The van der Waals surface area contributed by atoms with Crippen LogP contribution < -0.4 is 0 Å². The quantitative estimate of drug-likeness (QED) is 0.767. The van der Waals surface area contributed by atoms with E-state index in [9.17, 15) is 4.79 Å². The van der Waals surface area contributed by atoms with Crippen molar-refractivity contribution < 1.29 is 9.90 Å². The minimum absolute atomic E-state index is 0.317. The van der Waals surface area contributed by atoms with Gasteiger partial charge >= 0.3 is 5.97 Å². The standard InChI is InChI=1S/C11H20O2S/c1-2-9-4-3-5-10(8-9)14-7-6-11(12)13/h9-10H,2-8H2,1H3,(H,12,13). The molecule has 0 aliphatic heterocycles. The van der Waals surface area contributed by atoms with Crippen LogP contribution in [0.4, 0.5) is 0 Å². The zero-order valence-corrected chi connectivity index (χ0v) is 9.68. The van der Waals surface area contributed by atoms with Gasteiger partial charge in [0.05, 0.1) is 6.42 Å². The molecule has 1 aliphatic rings. The van der Waals surface area contributed by atoms with Gasteiger partial charge in [0.25, 0.3) is 0 Å². The summed E-state index contributed by atoms with van der Waals surface area (Å²) in [4.78, 5) is 10.3. The van der Waals surface area contributed by atoms with E-state index in [-0.39, 0.29) is 0 Å². The van der Waals surface area contributed by atoms with Gasteiger partial charge in [-0.05, 0) is 18.8 Å². The summed E-state index contributed by atoms with van der Waals surface area (Å²) in [7, 11) is 0. The Balaban J connectivity index is 2.14. The monoisotopic (exact) mass is 216 g/mol. The van der Waals surface area contributed by atoms with Crippen molar-refractivity contribution in [3.8, 4) is 0 Å². The van der Waals surface area contributed by atoms with Gasteiger partial charge in [0.1, 0.15) is 0 Å². The molecule has 2 nitrogen and oxygen atoms in total. The van der Waals surface area contributed by atoms with Crippen molar-refractivity contribution in [3.05, 3.63) is 0 Å². The fourth-order valence-corrected chi connectivity index (χ4v) is 3.44. The smallest absolute Gasteiger partial charge is 0.304 e. The Labute approximate surface area is 90.5 Å². The first-order valence-electron chi connectivity index (χ1n) is 5.55. The van der Waals surface area contributed by atoms with Crippen LogP contribution in [-0.2, 0) is 4.79 Å². The minimum Gasteiger partial charge on any atom is -0.481 e. The van der Waals surface area contributed by atoms with Gasteiger partial charge in [-0.15, -0.1) is 0 Å². The number of carboxylic acids is 1. The van der Waals surface area contributed by atoms with E-state index in [4.69, 9.17) is 5.11 Å². The Morgan fingerprint density at radius 3 is 2.93 bits per heavy atom. The molecule has 82 valence electrons. The molecule has 0 spiro atoms. The van der Waals surface area contributed by atoms with Crippen molar-refractivity contribution in [1.82, 2.24) is 0 Å². The lowest BCUT2D eigenvalue weighted by Crippen LogP contribution is -2.17. The summed E-state index contributed by atoms with van der Waals surface area (Å²) in [5.74, 6) is 1.02. The lowest BCUT2D eigenvalue weighted by atomic mass is 9.87. The molecule has 0 radical (unpaired) electrons. The van der Waals surface area contributed by atoms with Crippen molar-refractivity contribution in [2.45, 2.75) is 50.7 Å². The number of hydrogen-bond donors (Lipinski definition) is 1. The lowest BCUT2D eigenvalue weighted by Gasteiger charge is -2.27. The zero-order valence-electron chi connectivity index (χ0n) is 8.87. The molecule has 2 unspecified atom stereocenters. The first-order valence-corrected chi connectivity index (χ1v) is 6.60. The third kappa shape index (κ3) is 4.36. The van der Waals surface area contributed by atoms with Crippen LogP contribution in [0.3, 0.4) is 0 Å². The van der Waals surface area contributed by atoms with Crippen molar-refractivity contribution >= 4 is 17.7 Å². The Bertz CT molecular complexity index is 182. The van der Waals surface area contributed by atoms with E-state index in [0.29, 0.717) is 6.42 Å². The summed E-state index contributed by atoms with van der Waals surface area (Å²) < 4.78 is 0. The van der Waals surface area contributed by atoms with E-state index < -0.39 is 5.97 Å². The second-order valence-electron chi connectivity index (χ2n) is 4.08. The van der Waals surface area contributed by atoms with E-state index in [1.165, 1.54) is 32.1 Å². The van der Waals surface area contributed by atoms with E-state index in [2.05, 4.69) is 6.92 Å². The Hall–Kier alpha value is -0.180. The molecule has 3 heteroatoms. The van der Waals surface area contributed by atoms with Crippen LogP contribution in [0.1, 0.15) is 45.4 Å². The normalized spacial score (nSPS) is 27.5. The van der Waals surface area contributed by atoms with Crippen molar-refractivity contribution in [3.63, 3.8) is 0 Å². The maximum atomic E-state index is 10.3. The van der Waals surface area contributed by atoms with Gasteiger partial charge in [-0.2, -0.15) is 11.8 Å². The molecule has 1 saturated carbocycles. The molecular formula is C11H20O2S. The third-order valence-electron chi connectivity index (χ3n) is 2.98. The fourth-order valence-electron chi connectivity index (χ4n) is 2.08. The molecule has 0 heterocycles. The molecule has 1 aliphatic carbocycles. The minimum atomic E-state index is -0.666. The molecule has 2 atom stereocenters. The number of carboxylic acid groups (broad SMARTS) is 1. The van der Waals surface area contributed by atoms with Gasteiger partial charge in [-0.3, -0.25) is 4.79 Å². The van der Waals surface area contributed by atoms with Crippen LogP contribution >= 0.6 is 11.8 Å². The topological polar surface area (TPSA) is 37.3 Å². The van der Waals surface area contributed by atoms with Gasteiger partial charge in [-0.1, -0.05) is 26.2 Å². The highest BCUT2D eigenvalue weighted by Gasteiger charge is 2.20. The average molecular weight is 216 g/mol. The Morgan fingerprint density at radius 2 is 2.29 bits per heavy atom. The summed E-state index contributed by atoms with van der Waals surface area (Å²) >= 11 is 1.86. The van der Waals surface area contributed by atoms with E-state index in [0.717, 1.165) is 16.9 Å². The number of hydrogen-bond acceptors (Lipinski definition) is 2. The molecule has 0 amide bonds. The summed E-state index contributed by atoms with van der Waals surface area (Å²) in [6.07, 6.45) is 6.92. The van der Waals surface area contributed by atoms with Crippen LogP contribution in [0.15, 0.2) is 0 Å². The molecule has 0 aromatic carbocycles. The molecule has 0 bridgehead atoms. The van der Waals surface area contributed by atoms with Crippen LogP contribution in [0.25, 0.3) is 0 Å². The Morgan fingerprint density at radius 1 is 1.50 bits per heavy atom. The fraction of sp³-hybridized carbons (Fsp3) is 0.909. The molecule has 1 fully saturated rings. The molecule has 14 heavy (non-hydrogen) atoms. The first kappa shape index (κ1) is 11.9. The van der Waals surface area contributed by atoms with E-state index >= 15 is 0 Å². The average Bonchev–Trinajstić information content (AvgIpc) is 2.18. The number of rotatable bonds is 5. The SMILES string of the molecule is CCC1CCCC(SCCC(=O)O)C1. The van der Waals surface area contributed by atoms with Crippen LogP contribution in [0, 0.1) is 5.92 Å². The van der Waals surface area contributed by atoms with Crippen molar-refractivity contribution in [2.75, 3.05) is 5.75 Å². The molecule has 1 N–H and O–H groups in total. The van der Waals surface area contributed by atoms with Crippen molar-refractivity contribution in [1.29, 1.82) is 0 Å². The summed E-state index contributed by atoms with van der Waals surface area (Å²) in [6.45, 7) is 2.26. The first-order chi connectivity index (χ1) is 6.72. The Kier molecular flexibility index (Phi) is 5.38. The molecule has 0 saturated heterocycles. The van der Waals surface area contributed by atoms with Crippen molar-refractivity contribution in [2.24, 2.45) is 5.92 Å². The second kappa shape index (κ2) is 6.33. The van der Waals surface area contributed by atoms with Gasteiger partial charge < -0.3 is 5.11 Å². The summed E-state index contributed by atoms with van der Waals surface area (Å²) in [5, 5.41) is 9.26. The van der Waals surface area contributed by atoms with Gasteiger partial charge in [0.2, 0.25) is 0 Å². The van der Waals surface area contributed by atoms with Crippen LogP contribution in [0.2, 0.25) is 0 Å². The van der Waals surface area contributed by atoms with Gasteiger partial charge in [-0.25, -0.2) is 0 Å². The van der Waals surface area contributed by atoms with E-state index in [1.807, 2.05) is 11.8 Å². The molecule has 0 aromatic heterocycles. The lowest BCUT2D eigenvalue weighted by molar-refractivity contribution is -0.136. The molecule has 1 rings (SSSR count). The highest BCUT2D eigenvalue weighted by molar-refractivity contribution is 7.99. The maximum Gasteiger partial charge on any atom is 0.304 e. The maximum absolute atomic E-state index is 10.3. The zero-order chi connectivity index (χ0) is 10.4. The second-order valence-corrected chi connectivity index (χ2v) is 5.49. The number of aliphatic carboxylic acids is 1. The number of thioether (sulfide) groups is 1. The van der Waals surface area contributed by atoms with Crippen LogP contribution in [-0.4, -0.2) is 22.1 Å². The largest absolute Gasteiger partial charge is 0.481 e. The molecular weight excluding hydrogens is 196 g/mol. The summed E-state index contributed by atoms with van der Waals surface area (Å²) in [5.41, 5.74) is 0. The van der Waals surface area contributed by atoms with Crippen LogP contribution in [0.5, 0.6) is 0 Å². The van der Waals surface area contributed by atoms with Gasteiger partial charge in [0, 0.05) is 11.0 Å². The predicted molar refractivity (Wildman–Crippen MR) is 60.7 cm³/mol. The van der Waals surface area contributed by atoms with Gasteiger partial charge in [0.15, 0.2) is 0 Å². The highest BCUT2D eigenvalue weighted by Crippen LogP contribution is 2.33. The molecule has 0 aromatic rings. The van der Waals surface area contributed by atoms with E-state index in [1.54, 1.807) is 0 Å².